The van der Waals surface area contributed by atoms with E-state index < -0.39 is 0 Å². The average molecular weight is 363 g/mol. The highest BCUT2D eigenvalue weighted by molar-refractivity contribution is 6.06. The molecule has 0 unspecified atom stereocenters. The predicted octanol–water partition coefficient (Wildman–Crippen LogP) is 2.59. The second kappa shape index (κ2) is 7.51. The number of aromatic nitrogens is 1. The number of carbonyl (C=O) groups excluding carboxylic acids is 1. The van der Waals surface area contributed by atoms with Crippen molar-refractivity contribution in [3.05, 3.63) is 60.7 Å². The van der Waals surface area contributed by atoms with Gasteiger partial charge in [0.2, 0.25) is 0 Å². The first-order valence-electron chi connectivity index (χ1n) is 8.86. The van der Waals surface area contributed by atoms with Crippen molar-refractivity contribution in [2.75, 3.05) is 42.1 Å². The lowest BCUT2D eigenvalue weighted by Crippen LogP contribution is -2.43. The van der Waals surface area contributed by atoms with Crippen LogP contribution in [0.1, 0.15) is 10.4 Å². The number of carbonyl (C=O) groups is 1. The molecule has 0 aliphatic carbocycles. The van der Waals surface area contributed by atoms with Crippen LogP contribution in [0.2, 0.25) is 0 Å². The molecule has 4 N–H and O–H groups in total. The molecule has 1 fully saturated rings. The van der Waals surface area contributed by atoms with Gasteiger partial charge in [-0.3, -0.25) is 4.79 Å². The maximum absolute atomic E-state index is 12.6. The van der Waals surface area contributed by atoms with Crippen molar-refractivity contribution in [1.29, 1.82) is 0 Å². The van der Waals surface area contributed by atoms with E-state index in [0.717, 1.165) is 43.1 Å². The number of nitrogen functional groups attached to an aromatic ring is 1. The van der Waals surface area contributed by atoms with Gasteiger partial charge in [-0.1, -0.05) is 6.07 Å². The summed E-state index contributed by atoms with van der Waals surface area (Å²) >= 11 is 0. The number of benzene rings is 1. The molecule has 1 aliphatic rings. The fourth-order valence-corrected chi connectivity index (χ4v) is 3.07. The second-order valence-electron chi connectivity index (χ2n) is 6.41. The largest absolute Gasteiger partial charge is 0.472 e. The van der Waals surface area contributed by atoms with E-state index in [4.69, 9.17) is 10.2 Å². The van der Waals surface area contributed by atoms with Gasteiger partial charge in [-0.2, -0.15) is 0 Å². The zero-order valence-corrected chi connectivity index (χ0v) is 14.8. The van der Waals surface area contributed by atoms with E-state index >= 15 is 0 Å². The molecule has 1 aliphatic heterocycles. The van der Waals surface area contributed by atoms with Gasteiger partial charge >= 0.3 is 0 Å². The Morgan fingerprint density at radius 1 is 1.15 bits per heavy atom. The van der Waals surface area contributed by atoms with Crippen LogP contribution in [-0.2, 0) is 0 Å². The van der Waals surface area contributed by atoms with E-state index in [-0.39, 0.29) is 5.91 Å². The van der Waals surface area contributed by atoms with Crippen LogP contribution in [0.15, 0.2) is 59.5 Å². The van der Waals surface area contributed by atoms with E-state index in [1.54, 1.807) is 30.9 Å². The maximum Gasteiger partial charge on any atom is 0.257 e. The Hall–Kier alpha value is -3.32. The summed E-state index contributed by atoms with van der Waals surface area (Å²) < 4.78 is 5.12. The summed E-state index contributed by atoms with van der Waals surface area (Å²) in [5.41, 5.74) is 9.41. The number of furan rings is 1. The SMILES string of the molecule is Nc1ccc(-c2ccoc2)cc1NC(=O)c1ccc(N2CCNCC2)nc1. The number of piperazine rings is 1. The van der Waals surface area contributed by atoms with Crippen molar-refractivity contribution in [2.24, 2.45) is 0 Å². The molecule has 4 rings (SSSR count). The molecule has 1 amide bonds. The molecule has 7 heteroatoms. The second-order valence-corrected chi connectivity index (χ2v) is 6.41. The molecule has 3 heterocycles. The lowest BCUT2D eigenvalue weighted by atomic mass is 10.1. The van der Waals surface area contributed by atoms with Gasteiger partial charge in [0.15, 0.2) is 0 Å². The van der Waals surface area contributed by atoms with Gasteiger partial charge < -0.3 is 25.7 Å². The van der Waals surface area contributed by atoms with Crippen molar-refractivity contribution in [1.82, 2.24) is 10.3 Å². The summed E-state index contributed by atoms with van der Waals surface area (Å²) in [7, 11) is 0. The highest BCUT2D eigenvalue weighted by Crippen LogP contribution is 2.28. The minimum absolute atomic E-state index is 0.245. The summed E-state index contributed by atoms with van der Waals surface area (Å²) in [6, 6.07) is 11.0. The van der Waals surface area contributed by atoms with E-state index in [1.165, 1.54) is 0 Å². The number of nitrogens with two attached hydrogens (primary N) is 1. The Balaban J connectivity index is 1.49. The summed E-state index contributed by atoms with van der Waals surface area (Å²) in [6.07, 6.45) is 4.86. The van der Waals surface area contributed by atoms with Crippen LogP contribution in [0.4, 0.5) is 17.2 Å². The minimum Gasteiger partial charge on any atom is -0.472 e. The number of amides is 1. The van der Waals surface area contributed by atoms with Gasteiger partial charge in [0.05, 0.1) is 29.5 Å². The standard InChI is InChI=1S/C20H21N5O2/c21-17-3-1-14(16-5-10-27-13-16)11-18(17)24-20(26)15-2-4-19(23-12-15)25-8-6-22-7-9-25/h1-5,10-13,22H,6-9,21H2,(H,24,26). The molecule has 27 heavy (non-hydrogen) atoms. The molecule has 3 aromatic rings. The summed E-state index contributed by atoms with van der Waals surface area (Å²) in [5, 5.41) is 6.18. The third kappa shape index (κ3) is 3.78. The Morgan fingerprint density at radius 2 is 2.00 bits per heavy atom. The molecule has 1 saturated heterocycles. The lowest BCUT2D eigenvalue weighted by molar-refractivity contribution is 0.102. The highest BCUT2D eigenvalue weighted by atomic mass is 16.3. The molecule has 0 atom stereocenters. The first-order valence-corrected chi connectivity index (χ1v) is 8.86. The van der Waals surface area contributed by atoms with Crippen LogP contribution >= 0.6 is 0 Å². The molecule has 2 aromatic heterocycles. The number of anilines is 3. The molecule has 0 bridgehead atoms. The van der Waals surface area contributed by atoms with Gasteiger partial charge in [-0.15, -0.1) is 0 Å². The monoisotopic (exact) mass is 363 g/mol. The van der Waals surface area contributed by atoms with Crippen molar-refractivity contribution in [3.63, 3.8) is 0 Å². The van der Waals surface area contributed by atoms with Crippen LogP contribution in [0.3, 0.4) is 0 Å². The summed E-state index contributed by atoms with van der Waals surface area (Å²) in [4.78, 5) is 19.2. The molecule has 0 spiro atoms. The first-order chi connectivity index (χ1) is 13.2. The predicted molar refractivity (Wildman–Crippen MR) is 106 cm³/mol. The molecule has 7 nitrogen and oxygen atoms in total. The summed E-state index contributed by atoms with van der Waals surface area (Å²) in [5.74, 6) is 0.639. The third-order valence-electron chi connectivity index (χ3n) is 4.61. The normalized spacial score (nSPS) is 14.1. The fraction of sp³-hybridized carbons (Fsp3) is 0.200. The fourth-order valence-electron chi connectivity index (χ4n) is 3.07. The van der Waals surface area contributed by atoms with E-state index in [0.29, 0.717) is 16.9 Å². The van der Waals surface area contributed by atoms with Crippen molar-refractivity contribution in [3.8, 4) is 11.1 Å². The van der Waals surface area contributed by atoms with Gasteiger partial charge in [0, 0.05) is 37.9 Å². The van der Waals surface area contributed by atoms with Crippen LogP contribution < -0.4 is 21.3 Å². The third-order valence-corrected chi connectivity index (χ3v) is 4.61. The van der Waals surface area contributed by atoms with Crippen molar-refractivity contribution >= 4 is 23.1 Å². The quantitative estimate of drug-likeness (QED) is 0.617. The minimum atomic E-state index is -0.245. The van der Waals surface area contributed by atoms with Gasteiger partial charge in [-0.25, -0.2) is 4.98 Å². The molecular weight excluding hydrogens is 342 g/mol. The molecule has 1 aromatic carbocycles. The number of nitrogens with zero attached hydrogens (tertiary/aromatic N) is 2. The number of hydrogen-bond donors (Lipinski definition) is 3. The van der Waals surface area contributed by atoms with Gasteiger partial charge in [0.1, 0.15) is 5.82 Å². The smallest absolute Gasteiger partial charge is 0.257 e. The van der Waals surface area contributed by atoms with Crippen LogP contribution in [0.5, 0.6) is 0 Å². The average Bonchev–Trinajstić information content (AvgIpc) is 3.25. The number of rotatable bonds is 4. The Labute approximate surface area is 157 Å². The maximum atomic E-state index is 12.6. The summed E-state index contributed by atoms with van der Waals surface area (Å²) in [6.45, 7) is 3.71. The number of pyridine rings is 1. The van der Waals surface area contributed by atoms with E-state index in [1.807, 2.05) is 24.3 Å². The number of hydrogen-bond acceptors (Lipinski definition) is 6. The highest BCUT2D eigenvalue weighted by Gasteiger charge is 2.14. The van der Waals surface area contributed by atoms with Crippen molar-refractivity contribution in [2.45, 2.75) is 0 Å². The zero-order chi connectivity index (χ0) is 18.6. The van der Waals surface area contributed by atoms with Crippen molar-refractivity contribution < 1.29 is 9.21 Å². The zero-order valence-electron chi connectivity index (χ0n) is 14.8. The topological polar surface area (TPSA) is 96.4 Å². The van der Waals surface area contributed by atoms with Gasteiger partial charge in [0.25, 0.3) is 5.91 Å². The Morgan fingerprint density at radius 3 is 2.70 bits per heavy atom. The van der Waals surface area contributed by atoms with Gasteiger partial charge in [-0.05, 0) is 35.9 Å². The molecule has 0 radical (unpaired) electrons. The number of nitrogens with one attached hydrogen (secondary N) is 2. The molecular formula is C20H21N5O2. The van der Waals surface area contributed by atoms with E-state index in [2.05, 4.69) is 20.5 Å². The first kappa shape index (κ1) is 17.1. The molecule has 0 saturated carbocycles. The lowest BCUT2D eigenvalue weighted by Gasteiger charge is -2.28. The Bertz CT molecular complexity index is 916. The van der Waals surface area contributed by atoms with Crippen LogP contribution in [0.25, 0.3) is 11.1 Å². The van der Waals surface area contributed by atoms with E-state index in [9.17, 15) is 4.79 Å². The molecule has 138 valence electrons. The van der Waals surface area contributed by atoms with Crippen LogP contribution in [0, 0.1) is 0 Å². The Kier molecular flexibility index (Phi) is 4.76. The van der Waals surface area contributed by atoms with Crippen LogP contribution in [-0.4, -0.2) is 37.1 Å².